The van der Waals surface area contributed by atoms with Crippen molar-refractivity contribution in [3.63, 3.8) is 0 Å². The van der Waals surface area contributed by atoms with Crippen molar-refractivity contribution in [2.75, 3.05) is 19.0 Å². The minimum atomic E-state index is -0.289. The third-order valence-corrected chi connectivity index (χ3v) is 6.16. The van der Waals surface area contributed by atoms with Gasteiger partial charge in [-0.2, -0.15) is 0 Å². The largest absolute Gasteiger partial charge is 0.496 e. The maximum atomic E-state index is 14.7. The topological polar surface area (TPSA) is 88.2 Å². The molecule has 1 aliphatic rings. The van der Waals surface area contributed by atoms with Crippen LogP contribution in [0.2, 0.25) is 0 Å². The van der Waals surface area contributed by atoms with Gasteiger partial charge in [0.25, 0.3) is 0 Å². The summed E-state index contributed by atoms with van der Waals surface area (Å²) in [6.45, 7) is 1.17. The van der Waals surface area contributed by atoms with E-state index < -0.39 is 0 Å². The van der Waals surface area contributed by atoms with Crippen molar-refractivity contribution in [1.29, 1.82) is 0 Å². The SMILES string of the molecule is COc1cc2ncnc(Nc3cccc(CI)c3F)c2cc1CN[C@@H]1CCCNC1=O. The lowest BCUT2D eigenvalue weighted by atomic mass is 10.1. The van der Waals surface area contributed by atoms with Crippen LogP contribution in [-0.2, 0) is 15.8 Å². The highest BCUT2D eigenvalue weighted by Crippen LogP contribution is 2.31. The fourth-order valence-electron chi connectivity index (χ4n) is 3.66. The van der Waals surface area contributed by atoms with Gasteiger partial charge in [-0.15, -0.1) is 0 Å². The molecule has 1 fully saturated rings. The van der Waals surface area contributed by atoms with E-state index >= 15 is 0 Å². The van der Waals surface area contributed by atoms with Crippen LogP contribution in [0.25, 0.3) is 10.9 Å². The molecule has 9 heteroatoms. The molecule has 0 aliphatic carbocycles. The summed E-state index contributed by atoms with van der Waals surface area (Å²) in [7, 11) is 1.60. The molecule has 1 aliphatic heterocycles. The van der Waals surface area contributed by atoms with Crippen LogP contribution >= 0.6 is 22.6 Å². The molecule has 0 saturated carbocycles. The van der Waals surface area contributed by atoms with Crippen molar-refractivity contribution in [3.05, 3.63) is 53.6 Å². The van der Waals surface area contributed by atoms with E-state index in [1.165, 1.54) is 6.33 Å². The highest BCUT2D eigenvalue weighted by molar-refractivity contribution is 14.1. The zero-order chi connectivity index (χ0) is 21.8. The molecular weight excluding hydrogens is 512 g/mol. The first-order valence-electron chi connectivity index (χ1n) is 10.0. The normalized spacial score (nSPS) is 16.2. The predicted molar refractivity (Wildman–Crippen MR) is 126 cm³/mol. The van der Waals surface area contributed by atoms with E-state index in [-0.39, 0.29) is 17.8 Å². The first kappa shape index (κ1) is 21.7. The summed E-state index contributed by atoms with van der Waals surface area (Å²) >= 11 is 2.14. The van der Waals surface area contributed by atoms with E-state index in [0.29, 0.717) is 39.3 Å². The molecule has 1 saturated heterocycles. The van der Waals surface area contributed by atoms with E-state index in [9.17, 15) is 9.18 Å². The minimum absolute atomic E-state index is 0.0160. The van der Waals surface area contributed by atoms with E-state index in [0.717, 1.165) is 30.3 Å². The molecule has 0 unspecified atom stereocenters. The average molecular weight is 535 g/mol. The number of aromatic nitrogens is 2. The van der Waals surface area contributed by atoms with Gasteiger partial charge in [-0.05, 0) is 30.5 Å². The molecule has 3 aromatic rings. The third-order valence-electron chi connectivity index (χ3n) is 5.34. The van der Waals surface area contributed by atoms with Crippen molar-refractivity contribution in [1.82, 2.24) is 20.6 Å². The molecule has 1 amide bonds. The van der Waals surface area contributed by atoms with Gasteiger partial charge in [-0.25, -0.2) is 14.4 Å². The number of fused-ring (bicyclic) bond motifs is 1. The second-order valence-electron chi connectivity index (χ2n) is 7.31. The molecule has 4 rings (SSSR count). The van der Waals surface area contributed by atoms with Gasteiger partial charge in [0, 0.05) is 34.5 Å². The van der Waals surface area contributed by atoms with Crippen LogP contribution in [0, 0.1) is 5.82 Å². The molecular formula is C22H23FIN5O2. The maximum Gasteiger partial charge on any atom is 0.237 e. The van der Waals surface area contributed by atoms with E-state index in [1.807, 2.05) is 18.2 Å². The van der Waals surface area contributed by atoms with Crippen molar-refractivity contribution in [2.45, 2.75) is 29.9 Å². The number of rotatable bonds is 7. The Morgan fingerprint density at radius 2 is 2.16 bits per heavy atom. The molecule has 3 N–H and O–H groups in total. The molecule has 1 atom stereocenters. The summed E-state index contributed by atoms with van der Waals surface area (Å²) in [6.07, 6.45) is 3.18. The minimum Gasteiger partial charge on any atom is -0.496 e. The average Bonchev–Trinajstić information content (AvgIpc) is 2.79. The number of carbonyl (C=O) groups is 1. The summed E-state index contributed by atoms with van der Waals surface area (Å²) in [5.41, 5.74) is 2.54. The molecule has 1 aromatic heterocycles. The number of hydrogen-bond donors (Lipinski definition) is 3. The van der Waals surface area contributed by atoms with Crippen LogP contribution in [0.15, 0.2) is 36.7 Å². The number of anilines is 2. The number of nitrogens with zero attached hydrogens (tertiary/aromatic N) is 2. The van der Waals surface area contributed by atoms with E-state index in [2.05, 4.69) is 48.5 Å². The molecule has 0 radical (unpaired) electrons. The standard InChI is InChI=1S/C22H23FIN5O2/c1-31-19-9-18-15(8-14(19)11-26-17-6-3-7-25-22(17)30)21(28-12-27-18)29-16-5-2-4-13(10-24)20(16)23/h2,4-5,8-9,12,17,26H,3,6-7,10-11H2,1H3,(H,25,30)(H,27,28,29)/t17-/m1/s1. The first-order chi connectivity index (χ1) is 15.1. The van der Waals surface area contributed by atoms with Crippen LogP contribution in [0.4, 0.5) is 15.9 Å². The summed E-state index contributed by atoms with van der Waals surface area (Å²) in [5, 5.41) is 10.0. The number of hydrogen-bond acceptors (Lipinski definition) is 6. The number of methoxy groups -OCH3 is 1. The summed E-state index contributed by atoms with van der Waals surface area (Å²) in [4.78, 5) is 20.7. The molecule has 2 aromatic carbocycles. The Morgan fingerprint density at radius 3 is 2.94 bits per heavy atom. The molecule has 2 heterocycles. The van der Waals surface area contributed by atoms with Gasteiger partial charge in [0.15, 0.2) is 5.82 Å². The summed E-state index contributed by atoms with van der Waals surface area (Å²) in [5.74, 6) is 0.900. The Kier molecular flexibility index (Phi) is 6.81. The highest BCUT2D eigenvalue weighted by atomic mass is 127. The van der Waals surface area contributed by atoms with Crippen LogP contribution in [-0.4, -0.2) is 35.6 Å². The number of benzene rings is 2. The fourth-order valence-corrected chi connectivity index (χ4v) is 4.25. The van der Waals surface area contributed by atoms with Gasteiger partial charge in [-0.3, -0.25) is 4.79 Å². The van der Waals surface area contributed by atoms with E-state index in [1.54, 1.807) is 19.2 Å². The van der Waals surface area contributed by atoms with Gasteiger partial charge in [-0.1, -0.05) is 34.7 Å². The van der Waals surface area contributed by atoms with Gasteiger partial charge < -0.3 is 20.7 Å². The lowest BCUT2D eigenvalue weighted by Gasteiger charge is -2.23. The Balaban J connectivity index is 1.66. The van der Waals surface area contributed by atoms with Gasteiger partial charge in [0.2, 0.25) is 5.91 Å². The number of amides is 1. The monoisotopic (exact) mass is 535 g/mol. The Morgan fingerprint density at radius 1 is 1.29 bits per heavy atom. The Bertz CT molecular complexity index is 1110. The molecule has 0 spiro atoms. The van der Waals surface area contributed by atoms with Crippen LogP contribution in [0.5, 0.6) is 5.75 Å². The Labute approximate surface area is 193 Å². The van der Waals surface area contributed by atoms with Gasteiger partial charge >= 0.3 is 0 Å². The van der Waals surface area contributed by atoms with Crippen molar-refractivity contribution in [2.24, 2.45) is 0 Å². The third kappa shape index (κ3) is 4.72. The van der Waals surface area contributed by atoms with Crippen LogP contribution in [0.1, 0.15) is 24.0 Å². The van der Waals surface area contributed by atoms with Gasteiger partial charge in [0.05, 0.1) is 24.4 Å². The van der Waals surface area contributed by atoms with Crippen molar-refractivity contribution < 1.29 is 13.9 Å². The maximum absolute atomic E-state index is 14.7. The number of nitrogens with one attached hydrogen (secondary N) is 3. The Hall–Kier alpha value is -2.53. The number of carbonyl (C=O) groups excluding carboxylic acids is 1. The molecule has 7 nitrogen and oxygen atoms in total. The second-order valence-corrected chi connectivity index (χ2v) is 8.07. The van der Waals surface area contributed by atoms with Crippen molar-refractivity contribution in [3.8, 4) is 5.75 Å². The number of piperidine rings is 1. The van der Waals surface area contributed by atoms with Gasteiger partial charge in [0.1, 0.15) is 17.9 Å². The molecule has 31 heavy (non-hydrogen) atoms. The van der Waals surface area contributed by atoms with Crippen LogP contribution in [0.3, 0.4) is 0 Å². The zero-order valence-electron chi connectivity index (χ0n) is 17.0. The fraction of sp³-hybridized carbons (Fsp3) is 0.318. The van der Waals surface area contributed by atoms with E-state index in [4.69, 9.17) is 4.74 Å². The first-order valence-corrected chi connectivity index (χ1v) is 11.6. The summed E-state index contributed by atoms with van der Waals surface area (Å²) in [6, 6.07) is 8.79. The smallest absolute Gasteiger partial charge is 0.237 e. The molecule has 162 valence electrons. The lowest BCUT2D eigenvalue weighted by Crippen LogP contribution is -2.47. The number of ether oxygens (including phenoxy) is 1. The quantitative estimate of drug-likeness (QED) is 0.315. The lowest BCUT2D eigenvalue weighted by molar-refractivity contribution is -0.124. The number of halogens is 2. The van der Waals surface area contributed by atoms with Crippen molar-refractivity contribution >= 4 is 50.9 Å². The summed E-state index contributed by atoms with van der Waals surface area (Å²) < 4.78 is 20.9. The zero-order valence-corrected chi connectivity index (χ0v) is 19.2. The number of alkyl halides is 1. The van der Waals surface area contributed by atoms with Crippen LogP contribution < -0.4 is 20.7 Å². The highest BCUT2D eigenvalue weighted by Gasteiger charge is 2.22. The second kappa shape index (κ2) is 9.73. The predicted octanol–water partition coefficient (Wildman–Crippen LogP) is 3.82. The molecule has 0 bridgehead atoms.